The molecule has 4 aromatic rings. The van der Waals surface area contributed by atoms with Gasteiger partial charge in [-0.3, -0.25) is 9.67 Å². The van der Waals surface area contributed by atoms with E-state index in [1.54, 1.807) is 12.3 Å². The van der Waals surface area contributed by atoms with Gasteiger partial charge in [0, 0.05) is 37.3 Å². The van der Waals surface area contributed by atoms with Crippen molar-refractivity contribution in [2.45, 2.75) is 13.3 Å². The van der Waals surface area contributed by atoms with E-state index < -0.39 is 5.97 Å². The van der Waals surface area contributed by atoms with Crippen LogP contribution in [0.5, 0.6) is 0 Å². The minimum Gasteiger partial charge on any atom is -0.478 e. The van der Waals surface area contributed by atoms with Gasteiger partial charge in [0.2, 0.25) is 0 Å². The molecule has 0 fully saturated rings. The lowest BCUT2D eigenvalue weighted by Gasteiger charge is -2.23. The number of hydrogen-bond donors (Lipinski definition) is 1. The summed E-state index contributed by atoms with van der Waals surface area (Å²) in [5, 5.41) is 15.5. The molecule has 2 aromatic heterocycles. The van der Waals surface area contributed by atoms with Crippen LogP contribution in [0.4, 0.5) is 11.4 Å². The smallest absolute Gasteiger partial charge is 0.336 e. The van der Waals surface area contributed by atoms with Crippen LogP contribution in [0.25, 0.3) is 22.6 Å². The number of pyridine rings is 1. The van der Waals surface area contributed by atoms with Gasteiger partial charge in [0.15, 0.2) is 0 Å². The van der Waals surface area contributed by atoms with Crippen LogP contribution in [0.2, 0.25) is 0 Å². The average molecular weight is 410 g/mol. The van der Waals surface area contributed by atoms with E-state index in [0.717, 1.165) is 51.3 Å². The molecule has 0 saturated heterocycles. The lowest BCUT2D eigenvalue weighted by molar-refractivity contribution is 0.0695. The third-order valence-electron chi connectivity index (χ3n) is 5.82. The number of aryl methyl sites for hydroxylation is 1. The van der Waals surface area contributed by atoms with E-state index in [1.807, 2.05) is 36.0 Å². The van der Waals surface area contributed by atoms with Gasteiger partial charge in [0.1, 0.15) is 5.52 Å². The predicted molar refractivity (Wildman–Crippen MR) is 123 cm³/mol. The van der Waals surface area contributed by atoms with Gasteiger partial charge in [-0.25, -0.2) is 4.79 Å². The number of hydrogen-bond acceptors (Lipinski definition) is 4. The zero-order chi connectivity index (χ0) is 21.5. The topological polar surface area (TPSA) is 71.2 Å². The van der Waals surface area contributed by atoms with Crippen molar-refractivity contribution in [2.24, 2.45) is 7.05 Å². The Morgan fingerprint density at radius 1 is 1.13 bits per heavy atom. The van der Waals surface area contributed by atoms with Crippen LogP contribution >= 0.6 is 0 Å². The third-order valence-corrected chi connectivity index (χ3v) is 5.82. The minimum absolute atomic E-state index is 0.310. The fourth-order valence-corrected chi connectivity index (χ4v) is 4.48. The number of benzene rings is 2. The summed E-state index contributed by atoms with van der Waals surface area (Å²) in [6.45, 7) is 2.94. The molecule has 1 N–H and O–H groups in total. The first-order chi connectivity index (χ1) is 15.1. The third kappa shape index (κ3) is 3.08. The molecule has 0 unspecified atom stereocenters. The molecule has 0 amide bonds. The molecule has 0 radical (unpaired) electrons. The van der Waals surface area contributed by atoms with Crippen molar-refractivity contribution in [1.82, 2.24) is 14.8 Å². The summed E-state index contributed by atoms with van der Waals surface area (Å²) in [7, 11) is 1.94. The Balaban J connectivity index is 1.63. The fraction of sp³-hybridized carbons (Fsp3) is 0.160. The number of carboxylic acid groups (broad SMARTS) is 1. The Bertz CT molecular complexity index is 1340. The van der Waals surface area contributed by atoms with Gasteiger partial charge in [-0.1, -0.05) is 30.3 Å². The maximum absolute atomic E-state index is 11.6. The minimum atomic E-state index is -0.924. The maximum Gasteiger partial charge on any atom is 0.336 e. The molecule has 0 spiro atoms. The summed E-state index contributed by atoms with van der Waals surface area (Å²) in [4.78, 5) is 18.3. The lowest BCUT2D eigenvalue weighted by atomic mass is 10.0. The number of rotatable bonds is 5. The monoisotopic (exact) mass is 410 g/mol. The van der Waals surface area contributed by atoms with E-state index in [-0.39, 0.29) is 0 Å². The average Bonchev–Trinajstić information content (AvgIpc) is 3.35. The zero-order valence-corrected chi connectivity index (χ0v) is 17.4. The van der Waals surface area contributed by atoms with Crippen molar-refractivity contribution in [1.29, 1.82) is 0 Å². The van der Waals surface area contributed by atoms with Gasteiger partial charge in [0.05, 0.1) is 22.6 Å². The Hall–Kier alpha value is -3.93. The SMILES string of the molecule is CCN(c1ccccc1)c1cccc2c(C3=Cc4nccc(C(=O)O)c4C3)n(C)nc12. The lowest BCUT2D eigenvalue weighted by Crippen LogP contribution is -2.16. The van der Waals surface area contributed by atoms with Crippen molar-refractivity contribution >= 4 is 39.9 Å². The fourth-order valence-electron chi connectivity index (χ4n) is 4.48. The Labute approximate surface area is 180 Å². The Kier molecular flexibility index (Phi) is 4.55. The molecule has 31 heavy (non-hydrogen) atoms. The number of carbonyl (C=O) groups is 1. The second-order valence-electron chi connectivity index (χ2n) is 7.60. The highest BCUT2D eigenvalue weighted by Crippen LogP contribution is 2.38. The van der Waals surface area contributed by atoms with Crippen molar-refractivity contribution in [3.63, 3.8) is 0 Å². The summed E-state index contributed by atoms with van der Waals surface area (Å²) >= 11 is 0. The normalized spacial score (nSPS) is 12.6. The van der Waals surface area contributed by atoms with Gasteiger partial charge >= 0.3 is 5.97 Å². The largest absolute Gasteiger partial charge is 0.478 e. The number of fused-ring (bicyclic) bond motifs is 2. The van der Waals surface area contributed by atoms with E-state index in [2.05, 4.69) is 47.1 Å². The summed E-state index contributed by atoms with van der Waals surface area (Å²) in [6.07, 6.45) is 4.07. The van der Waals surface area contributed by atoms with Crippen LogP contribution < -0.4 is 4.90 Å². The summed E-state index contributed by atoms with van der Waals surface area (Å²) in [5.74, 6) is -0.924. The molecule has 0 bridgehead atoms. The molecule has 0 atom stereocenters. The van der Waals surface area contributed by atoms with Crippen LogP contribution in [0, 0.1) is 0 Å². The quantitative estimate of drug-likeness (QED) is 0.506. The number of nitrogens with zero attached hydrogens (tertiary/aromatic N) is 4. The van der Waals surface area contributed by atoms with E-state index in [0.29, 0.717) is 12.0 Å². The molecule has 2 aromatic carbocycles. The summed E-state index contributed by atoms with van der Waals surface area (Å²) in [5.41, 5.74) is 6.91. The van der Waals surface area contributed by atoms with E-state index in [1.165, 1.54) is 0 Å². The molecule has 0 saturated carbocycles. The van der Waals surface area contributed by atoms with E-state index in [9.17, 15) is 9.90 Å². The Morgan fingerprint density at radius 2 is 1.94 bits per heavy atom. The first-order valence-corrected chi connectivity index (χ1v) is 10.3. The molecule has 2 heterocycles. The molecule has 6 nitrogen and oxygen atoms in total. The molecular weight excluding hydrogens is 388 g/mol. The highest BCUT2D eigenvalue weighted by Gasteiger charge is 2.25. The van der Waals surface area contributed by atoms with Gasteiger partial charge in [-0.2, -0.15) is 5.10 Å². The molecule has 1 aliphatic carbocycles. The number of aromatic nitrogens is 3. The maximum atomic E-state index is 11.6. The predicted octanol–water partition coefficient (Wildman–Crippen LogP) is 4.92. The molecule has 0 aliphatic heterocycles. The van der Waals surface area contributed by atoms with Gasteiger partial charge < -0.3 is 10.0 Å². The number of carboxylic acids is 1. The first kappa shape index (κ1) is 19.1. The molecule has 5 rings (SSSR count). The van der Waals surface area contributed by atoms with Crippen molar-refractivity contribution in [3.8, 4) is 0 Å². The highest BCUT2D eigenvalue weighted by molar-refractivity contribution is 6.04. The molecule has 1 aliphatic rings. The molecule has 6 heteroatoms. The van der Waals surface area contributed by atoms with Crippen LogP contribution in [-0.4, -0.2) is 32.4 Å². The highest BCUT2D eigenvalue weighted by atomic mass is 16.4. The van der Waals surface area contributed by atoms with E-state index in [4.69, 9.17) is 5.10 Å². The van der Waals surface area contributed by atoms with Crippen LogP contribution in [0.1, 0.15) is 34.2 Å². The standard InChI is InChI=1S/C25H22N4O2/c1-3-29(17-8-5-4-6-9-17)22-11-7-10-19-23(22)27-28(2)24(19)16-14-20-18(25(30)31)12-13-26-21(20)15-16/h4-13,15H,3,14H2,1-2H3,(H,30,31). The van der Waals surface area contributed by atoms with Crippen molar-refractivity contribution in [2.75, 3.05) is 11.4 Å². The van der Waals surface area contributed by atoms with Gasteiger partial charge in [0.25, 0.3) is 0 Å². The van der Waals surface area contributed by atoms with Gasteiger partial charge in [-0.05, 0) is 48.4 Å². The number of allylic oxidation sites excluding steroid dienone is 1. The van der Waals surface area contributed by atoms with Crippen LogP contribution in [-0.2, 0) is 13.5 Å². The number of para-hydroxylation sites is 1. The second kappa shape index (κ2) is 7.40. The number of anilines is 2. The van der Waals surface area contributed by atoms with Crippen LogP contribution in [0.3, 0.4) is 0 Å². The molecule has 154 valence electrons. The van der Waals surface area contributed by atoms with Crippen molar-refractivity contribution in [3.05, 3.63) is 83.3 Å². The first-order valence-electron chi connectivity index (χ1n) is 10.3. The van der Waals surface area contributed by atoms with Crippen molar-refractivity contribution < 1.29 is 9.90 Å². The second-order valence-corrected chi connectivity index (χ2v) is 7.60. The van der Waals surface area contributed by atoms with Crippen LogP contribution in [0.15, 0.2) is 60.8 Å². The van der Waals surface area contributed by atoms with Gasteiger partial charge in [-0.15, -0.1) is 0 Å². The summed E-state index contributed by atoms with van der Waals surface area (Å²) < 4.78 is 1.89. The van der Waals surface area contributed by atoms with E-state index >= 15 is 0 Å². The number of aromatic carboxylic acids is 1. The molecular formula is C25H22N4O2. The summed E-state index contributed by atoms with van der Waals surface area (Å²) in [6, 6.07) is 18.1. The zero-order valence-electron chi connectivity index (χ0n) is 17.4. The Morgan fingerprint density at radius 3 is 2.68 bits per heavy atom.